The first-order valence-corrected chi connectivity index (χ1v) is 7.90. The first-order valence-electron chi connectivity index (χ1n) is 7.90. The van der Waals surface area contributed by atoms with Gasteiger partial charge in [-0.05, 0) is 31.0 Å². The Morgan fingerprint density at radius 1 is 1.08 bits per heavy atom. The quantitative estimate of drug-likeness (QED) is 0.795. The van der Waals surface area contributed by atoms with E-state index in [9.17, 15) is 9.59 Å². The summed E-state index contributed by atoms with van der Waals surface area (Å²) >= 11 is 0. The van der Waals surface area contributed by atoms with Crippen LogP contribution in [0.2, 0.25) is 0 Å². The van der Waals surface area contributed by atoms with E-state index in [4.69, 9.17) is 0 Å². The third-order valence-electron chi connectivity index (χ3n) is 4.00. The zero-order valence-corrected chi connectivity index (χ0v) is 14.1. The van der Waals surface area contributed by atoms with Gasteiger partial charge in [0.1, 0.15) is 6.54 Å². The Balaban J connectivity index is 1.76. The standard InChI is InChI=1S/C19H18N4O2/c1-13-7-6-10-16(14(13)2)21-18(24)12-23-19(25)22-17(11-20-23)15-8-4-3-5-9-15/h3-11H,12H2,1-2H3,(H,21,24). The van der Waals surface area contributed by atoms with E-state index < -0.39 is 5.69 Å². The molecule has 6 heteroatoms. The van der Waals surface area contributed by atoms with E-state index in [1.165, 1.54) is 6.20 Å². The van der Waals surface area contributed by atoms with Crippen molar-refractivity contribution >= 4 is 11.6 Å². The fraction of sp³-hybridized carbons (Fsp3) is 0.158. The van der Waals surface area contributed by atoms with Crippen molar-refractivity contribution < 1.29 is 4.79 Å². The van der Waals surface area contributed by atoms with Crippen LogP contribution in [0.4, 0.5) is 5.69 Å². The second kappa shape index (κ2) is 7.09. The molecule has 0 fully saturated rings. The van der Waals surface area contributed by atoms with Gasteiger partial charge in [-0.2, -0.15) is 10.1 Å². The van der Waals surface area contributed by atoms with Gasteiger partial charge in [0.2, 0.25) is 5.91 Å². The topological polar surface area (TPSA) is 76.9 Å². The molecule has 3 aromatic rings. The lowest BCUT2D eigenvalue weighted by Crippen LogP contribution is -2.31. The number of hydrogen-bond acceptors (Lipinski definition) is 4. The summed E-state index contributed by atoms with van der Waals surface area (Å²) in [6, 6.07) is 15.0. The molecule has 0 radical (unpaired) electrons. The highest BCUT2D eigenvalue weighted by molar-refractivity contribution is 5.91. The van der Waals surface area contributed by atoms with Gasteiger partial charge in [-0.25, -0.2) is 9.48 Å². The van der Waals surface area contributed by atoms with Gasteiger partial charge in [0, 0.05) is 11.3 Å². The van der Waals surface area contributed by atoms with Crippen molar-refractivity contribution in [2.75, 3.05) is 5.32 Å². The molecule has 2 aromatic carbocycles. The molecule has 0 saturated carbocycles. The molecule has 3 rings (SSSR count). The highest BCUT2D eigenvalue weighted by Gasteiger charge is 2.10. The van der Waals surface area contributed by atoms with Crippen LogP contribution in [0.15, 0.2) is 59.5 Å². The van der Waals surface area contributed by atoms with E-state index >= 15 is 0 Å². The summed E-state index contributed by atoms with van der Waals surface area (Å²) in [6.45, 7) is 3.73. The Morgan fingerprint density at radius 3 is 2.56 bits per heavy atom. The monoisotopic (exact) mass is 334 g/mol. The molecule has 1 heterocycles. The van der Waals surface area contributed by atoms with Crippen LogP contribution in [0, 0.1) is 13.8 Å². The lowest BCUT2D eigenvalue weighted by Gasteiger charge is -2.10. The molecule has 0 aliphatic rings. The maximum atomic E-state index is 12.2. The van der Waals surface area contributed by atoms with E-state index in [0.717, 1.165) is 27.1 Å². The van der Waals surface area contributed by atoms with Gasteiger partial charge in [-0.3, -0.25) is 4.79 Å². The number of aryl methyl sites for hydroxylation is 1. The van der Waals surface area contributed by atoms with Crippen molar-refractivity contribution in [3.8, 4) is 11.3 Å². The van der Waals surface area contributed by atoms with Crippen LogP contribution in [0.5, 0.6) is 0 Å². The number of benzene rings is 2. The van der Waals surface area contributed by atoms with Crippen molar-refractivity contribution in [1.82, 2.24) is 14.8 Å². The van der Waals surface area contributed by atoms with Crippen LogP contribution < -0.4 is 11.0 Å². The molecule has 1 aromatic heterocycles. The molecule has 0 unspecified atom stereocenters. The van der Waals surface area contributed by atoms with Gasteiger partial charge < -0.3 is 5.32 Å². The van der Waals surface area contributed by atoms with Crippen LogP contribution in [0.3, 0.4) is 0 Å². The molecule has 0 spiro atoms. The molecule has 0 atom stereocenters. The number of aromatic nitrogens is 3. The van der Waals surface area contributed by atoms with Crippen LogP contribution in [-0.2, 0) is 11.3 Å². The molecular weight excluding hydrogens is 316 g/mol. The second-order valence-electron chi connectivity index (χ2n) is 5.74. The van der Waals surface area contributed by atoms with Gasteiger partial charge >= 0.3 is 5.69 Å². The van der Waals surface area contributed by atoms with Crippen LogP contribution in [0.1, 0.15) is 11.1 Å². The second-order valence-corrected chi connectivity index (χ2v) is 5.74. The Kier molecular flexibility index (Phi) is 4.70. The average molecular weight is 334 g/mol. The van der Waals surface area contributed by atoms with E-state index in [1.54, 1.807) is 0 Å². The van der Waals surface area contributed by atoms with E-state index in [1.807, 2.05) is 62.4 Å². The molecular formula is C19H18N4O2. The maximum absolute atomic E-state index is 12.2. The predicted molar refractivity (Wildman–Crippen MR) is 96.3 cm³/mol. The number of hydrogen-bond donors (Lipinski definition) is 1. The van der Waals surface area contributed by atoms with Crippen molar-refractivity contribution in [3.05, 3.63) is 76.3 Å². The van der Waals surface area contributed by atoms with Crippen LogP contribution in [0.25, 0.3) is 11.3 Å². The molecule has 126 valence electrons. The fourth-order valence-corrected chi connectivity index (χ4v) is 2.43. The SMILES string of the molecule is Cc1cccc(NC(=O)Cn2ncc(-c3ccccc3)nc2=O)c1C. The van der Waals surface area contributed by atoms with Crippen molar-refractivity contribution in [2.24, 2.45) is 0 Å². The molecule has 25 heavy (non-hydrogen) atoms. The largest absolute Gasteiger partial charge is 0.365 e. The zero-order chi connectivity index (χ0) is 17.8. The molecule has 1 amide bonds. The van der Waals surface area contributed by atoms with Gasteiger partial charge in [0.05, 0.1) is 11.9 Å². The van der Waals surface area contributed by atoms with Crippen molar-refractivity contribution in [1.29, 1.82) is 0 Å². The summed E-state index contributed by atoms with van der Waals surface area (Å²) in [5, 5.41) is 6.86. The third kappa shape index (κ3) is 3.80. The number of rotatable bonds is 4. The van der Waals surface area contributed by atoms with Crippen LogP contribution >= 0.6 is 0 Å². The Labute approximate surface area is 145 Å². The predicted octanol–water partition coefficient (Wildman–Crippen LogP) is 2.56. The van der Waals surface area contributed by atoms with Crippen LogP contribution in [-0.4, -0.2) is 20.7 Å². The zero-order valence-electron chi connectivity index (χ0n) is 14.1. The lowest BCUT2D eigenvalue weighted by atomic mass is 10.1. The average Bonchev–Trinajstić information content (AvgIpc) is 2.61. The molecule has 0 aliphatic heterocycles. The van der Waals surface area contributed by atoms with E-state index in [0.29, 0.717) is 5.69 Å². The van der Waals surface area contributed by atoms with Crippen molar-refractivity contribution in [2.45, 2.75) is 20.4 Å². The number of anilines is 1. The number of carbonyl (C=O) groups excluding carboxylic acids is 1. The Bertz CT molecular complexity index is 965. The van der Waals surface area contributed by atoms with E-state index in [2.05, 4.69) is 15.4 Å². The summed E-state index contributed by atoms with van der Waals surface area (Å²) < 4.78 is 1.05. The smallest absolute Gasteiger partial charge is 0.324 e. The molecule has 0 bridgehead atoms. The Morgan fingerprint density at radius 2 is 1.84 bits per heavy atom. The minimum absolute atomic E-state index is 0.186. The Hall–Kier alpha value is -3.28. The fourth-order valence-electron chi connectivity index (χ4n) is 2.43. The minimum Gasteiger partial charge on any atom is -0.324 e. The summed E-state index contributed by atoms with van der Waals surface area (Å²) in [5.74, 6) is -0.322. The van der Waals surface area contributed by atoms with Gasteiger partial charge in [-0.1, -0.05) is 42.5 Å². The molecule has 0 aliphatic carbocycles. The van der Waals surface area contributed by atoms with E-state index in [-0.39, 0.29) is 12.5 Å². The number of carbonyl (C=O) groups is 1. The van der Waals surface area contributed by atoms with Crippen molar-refractivity contribution in [3.63, 3.8) is 0 Å². The molecule has 1 N–H and O–H groups in total. The summed E-state index contributed by atoms with van der Waals surface area (Å²) in [6.07, 6.45) is 1.49. The number of nitrogens with zero attached hydrogens (tertiary/aromatic N) is 3. The summed E-state index contributed by atoms with van der Waals surface area (Å²) in [5.41, 5.74) is 3.54. The molecule has 6 nitrogen and oxygen atoms in total. The first kappa shape index (κ1) is 16.6. The maximum Gasteiger partial charge on any atom is 0.365 e. The highest BCUT2D eigenvalue weighted by atomic mass is 16.2. The normalized spacial score (nSPS) is 10.5. The summed E-state index contributed by atoms with van der Waals surface area (Å²) in [4.78, 5) is 28.3. The highest BCUT2D eigenvalue weighted by Crippen LogP contribution is 2.18. The van der Waals surface area contributed by atoms with Gasteiger partial charge in [-0.15, -0.1) is 0 Å². The third-order valence-corrected chi connectivity index (χ3v) is 4.00. The summed E-state index contributed by atoms with van der Waals surface area (Å²) in [7, 11) is 0. The van der Waals surface area contributed by atoms with Gasteiger partial charge in [0.15, 0.2) is 0 Å². The minimum atomic E-state index is -0.558. The van der Waals surface area contributed by atoms with Gasteiger partial charge in [0.25, 0.3) is 0 Å². The molecule has 0 saturated heterocycles. The number of nitrogens with one attached hydrogen (secondary N) is 1. The first-order chi connectivity index (χ1) is 12.0. The number of amides is 1. The lowest BCUT2D eigenvalue weighted by molar-refractivity contribution is -0.117.